The molecular formula is C16H17Cl3FN3O2. The van der Waals surface area contributed by atoms with Gasteiger partial charge < -0.3 is 9.94 Å². The van der Waals surface area contributed by atoms with E-state index in [9.17, 15) is 9.60 Å². The van der Waals surface area contributed by atoms with Gasteiger partial charge in [-0.2, -0.15) is 0 Å². The van der Waals surface area contributed by atoms with E-state index in [4.69, 9.17) is 39.5 Å². The van der Waals surface area contributed by atoms with Crippen molar-refractivity contribution in [3.63, 3.8) is 0 Å². The van der Waals surface area contributed by atoms with Crippen LogP contribution < -0.4 is 9.58 Å². The Kier molecular flexibility index (Phi) is 5.32. The first-order valence-corrected chi connectivity index (χ1v) is 9.10. The van der Waals surface area contributed by atoms with E-state index >= 15 is 0 Å². The fourth-order valence-electron chi connectivity index (χ4n) is 2.73. The molecule has 0 atom stereocenters. The molecule has 0 spiro atoms. The molecule has 1 heterocycles. The van der Waals surface area contributed by atoms with Gasteiger partial charge in [-0.05, 0) is 30.6 Å². The first-order chi connectivity index (χ1) is 11.8. The summed E-state index contributed by atoms with van der Waals surface area (Å²) in [5.74, 6) is -0.412. The van der Waals surface area contributed by atoms with Crippen molar-refractivity contribution < 1.29 is 14.0 Å². The highest BCUT2D eigenvalue weighted by Crippen LogP contribution is 2.31. The van der Waals surface area contributed by atoms with Crippen molar-refractivity contribution in [3.8, 4) is 11.4 Å². The predicted octanol–water partition coefficient (Wildman–Crippen LogP) is 4.14. The standard InChI is InChI=1S/C16H17Cl3FN3O2/c1-16(18,19)6-7-25-15-9-14(11(20)8-10(15)17)22-21-12-4-2-3-5-13(12)23(22)24/h8-9H,2-7H2,1H3. The summed E-state index contributed by atoms with van der Waals surface area (Å²) in [5.41, 5.74) is 1.28. The average Bonchev–Trinajstić information content (AvgIpc) is 2.86. The van der Waals surface area contributed by atoms with Gasteiger partial charge in [0.1, 0.15) is 10.1 Å². The molecule has 25 heavy (non-hydrogen) atoms. The highest BCUT2D eigenvalue weighted by atomic mass is 35.5. The van der Waals surface area contributed by atoms with Gasteiger partial charge in [0.25, 0.3) is 0 Å². The lowest BCUT2D eigenvalue weighted by molar-refractivity contribution is -0.696. The van der Waals surface area contributed by atoms with E-state index in [0.717, 1.165) is 23.7 Å². The minimum atomic E-state index is -0.936. The van der Waals surface area contributed by atoms with Crippen LogP contribution in [0.1, 0.15) is 37.6 Å². The van der Waals surface area contributed by atoms with Gasteiger partial charge in [-0.15, -0.1) is 28.0 Å². The van der Waals surface area contributed by atoms with Crippen LogP contribution in [0.2, 0.25) is 5.02 Å². The van der Waals surface area contributed by atoms with Crippen LogP contribution in [0.5, 0.6) is 5.75 Å². The molecule has 0 unspecified atom stereocenters. The molecule has 2 aromatic rings. The first-order valence-electron chi connectivity index (χ1n) is 7.97. The van der Waals surface area contributed by atoms with Crippen molar-refractivity contribution in [2.45, 2.75) is 43.4 Å². The summed E-state index contributed by atoms with van der Waals surface area (Å²) >= 11 is 17.8. The largest absolute Gasteiger partial charge is 0.692 e. The Hall–Kier alpha value is -1.24. The van der Waals surface area contributed by atoms with Crippen LogP contribution in [-0.2, 0) is 12.8 Å². The van der Waals surface area contributed by atoms with Crippen molar-refractivity contribution in [2.75, 3.05) is 6.61 Å². The molecule has 1 aromatic carbocycles. The fraction of sp³-hybridized carbons (Fsp3) is 0.500. The Bertz CT molecular complexity index is 790. The number of ether oxygens (including phenoxy) is 1. The molecule has 136 valence electrons. The number of aromatic nitrogens is 3. The Morgan fingerprint density at radius 2 is 2.08 bits per heavy atom. The Balaban J connectivity index is 1.92. The summed E-state index contributed by atoms with van der Waals surface area (Å²) in [6, 6.07) is 2.47. The van der Waals surface area contributed by atoms with Crippen molar-refractivity contribution in [1.29, 1.82) is 0 Å². The quantitative estimate of drug-likeness (QED) is 0.424. The maximum Gasteiger partial charge on any atom is 0.222 e. The maximum atomic E-state index is 14.4. The summed E-state index contributed by atoms with van der Waals surface area (Å²) in [6.45, 7) is 1.84. The predicted molar refractivity (Wildman–Crippen MR) is 94.4 cm³/mol. The topological polar surface area (TPSA) is 54.0 Å². The first kappa shape index (κ1) is 18.5. The molecule has 3 rings (SSSR count). The average molecular weight is 409 g/mol. The number of benzene rings is 1. The number of hydrogen-bond acceptors (Lipinski definition) is 3. The van der Waals surface area contributed by atoms with Crippen molar-refractivity contribution in [2.24, 2.45) is 0 Å². The van der Waals surface area contributed by atoms with E-state index in [2.05, 4.69) is 5.10 Å². The number of rotatable bonds is 5. The van der Waals surface area contributed by atoms with Crippen molar-refractivity contribution in [1.82, 2.24) is 9.90 Å². The van der Waals surface area contributed by atoms with Gasteiger partial charge in [-0.3, -0.25) is 0 Å². The zero-order valence-electron chi connectivity index (χ0n) is 13.6. The minimum Gasteiger partial charge on any atom is -0.692 e. The molecular weight excluding hydrogens is 392 g/mol. The Morgan fingerprint density at radius 1 is 1.36 bits per heavy atom. The van der Waals surface area contributed by atoms with E-state index in [1.54, 1.807) is 6.92 Å². The lowest BCUT2D eigenvalue weighted by Crippen LogP contribution is -2.41. The van der Waals surface area contributed by atoms with Gasteiger partial charge in [0.15, 0.2) is 17.2 Å². The fourth-order valence-corrected chi connectivity index (χ4v) is 3.09. The monoisotopic (exact) mass is 407 g/mol. The van der Waals surface area contributed by atoms with Gasteiger partial charge in [-0.25, -0.2) is 4.39 Å². The van der Waals surface area contributed by atoms with Crippen LogP contribution >= 0.6 is 34.8 Å². The van der Waals surface area contributed by atoms with Crippen LogP contribution in [0, 0.1) is 11.0 Å². The third-order valence-electron chi connectivity index (χ3n) is 4.04. The van der Waals surface area contributed by atoms with Gasteiger partial charge in [0.05, 0.1) is 11.6 Å². The van der Waals surface area contributed by atoms with Gasteiger partial charge in [0.2, 0.25) is 5.69 Å². The molecule has 0 saturated heterocycles. The summed E-state index contributed by atoms with van der Waals surface area (Å²) in [6.07, 6.45) is 3.61. The van der Waals surface area contributed by atoms with Gasteiger partial charge in [0, 0.05) is 30.4 Å². The second-order valence-electron chi connectivity index (χ2n) is 6.17. The summed E-state index contributed by atoms with van der Waals surface area (Å²) in [4.78, 5) is 1.65. The highest BCUT2D eigenvalue weighted by Gasteiger charge is 2.28. The lowest BCUT2D eigenvalue weighted by atomic mass is 10.0. The number of fused-ring (bicyclic) bond motifs is 1. The molecule has 5 nitrogen and oxygen atoms in total. The van der Waals surface area contributed by atoms with Gasteiger partial charge in [-0.1, -0.05) is 11.6 Å². The molecule has 0 fully saturated rings. The van der Waals surface area contributed by atoms with Crippen LogP contribution in [0.3, 0.4) is 0 Å². The number of alkyl halides is 2. The van der Waals surface area contributed by atoms with E-state index in [-0.39, 0.29) is 23.1 Å². The number of nitrogens with zero attached hydrogens (tertiary/aromatic N) is 3. The summed E-state index contributed by atoms with van der Waals surface area (Å²) in [5, 5.41) is 16.8. The molecule has 0 radical (unpaired) electrons. The van der Waals surface area contributed by atoms with E-state index in [1.165, 1.54) is 6.07 Å². The molecule has 0 saturated carbocycles. The second-order valence-corrected chi connectivity index (χ2v) is 8.43. The number of halogens is 4. The maximum absolute atomic E-state index is 14.4. The third kappa shape index (κ3) is 4.13. The van der Waals surface area contributed by atoms with E-state index in [1.807, 2.05) is 0 Å². The lowest BCUT2D eigenvalue weighted by Gasteiger charge is -2.15. The molecule has 1 aromatic heterocycles. The van der Waals surface area contributed by atoms with Crippen LogP contribution in [0.15, 0.2) is 12.1 Å². The Morgan fingerprint density at radius 3 is 2.76 bits per heavy atom. The number of aryl methyl sites for hydroxylation is 1. The Labute approximate surface area is 159 Å². The molecule has 0 bridgehead atoms. The summed E-state index contributed by atoms with van der Waals surface area (Å²) in [7, 11) is 0. The molecule has 0 N–H and O–H groups in total. The van der Waals surface area contributed by atoms with Crippen molar-refractivity contribution >= 4 is 34.8 Å². The molecule has 0 amide bonds. The van der Waals surface area contributed by atoms with Crippen molar-refractivity contribution in [3.05, 3.63) is 39.6 Å². The SMILES string of the molecule is CC(Cl)(Cl)CCOc1cc(-n2nc3c([n+]2[O-])CCCC3)c(F)cc1Cl. The second kappa shape index (κ2) is 7.17. The third-order valence-corrected chi connectivity index (χ3v) is 4.72. The molecule has 1 aliphatic carbocycles. The van der Waals surface area contributed by atoms with E-state index < -0.39 is 10.2 Å². The minimum absolute atomic E-state index is 0.0108. The normalized spacial score (nSPS) is 14.4. The molecule has 1 aliphatic rings. The number of hydrogen-bond donors (Lipinski definition) is 0. The van der Waals surface area contributed by atoms with Crippen LogP contribution in [0.25, 0.3) is 5.69 Å². The van der Waals surface area contributed by atoms with Gasteiger partial charge >= 0.3 is 0 Å². The molecule has 9 heteroatoms. The van der Waals surface area contributed by atoms with E-state index in [0.29, 0.717) is 35.5 Å². The smallest absolute Gasteiger partial charge is 0.222 e. The summed E-state index contributed by atoms with van der Waals surface area (Å²) < 4.78 is 19.0. The van der Waals surface area contributed by atoms with Crippen LogP contribution in [-0.4, -0.2) is 20.8 Å². The zero-order chi connectivity index (χ0) is 18.2. The molecule has 0 aliphatic heterocycles. The van der Waals surface area contributed by atoms with Crippen LogP contribution in [0.4, 0.5) is 4.39 Å². The zero-order valence-corrected chi connectivity index (χ0v) is 15.8. The highest BCUT2D eigenvalue weighted by molar-refractivity contribution is 6.48.